The molecule has 2 N–H and O–H groups in total. The van der Waals surface area contributed by atoms with Gasteiger partial charge in [0, 0.05) is 6.42 Å². The van der Waals surface area contributed by atoms with Crippen molar-refractivity contribution in [2.24, 2.45) is 0 Å². The highest BCUT2D eigenvalue weighted by atomic mass is 16.5. The largest absolute Gasteiger partial charge is 0.493 e. The maximum Gasteiger partial charge on any atom is 0.119 e. The fourth-order valence-electron chi connectivity index (χ4n) is 1.21. The molecule has 0 saturated carbocycles. The molecule has 0 aliphatic carbocycles. The van der Waals surface area contributed by atoms with Crippen molar-refractivity contribution in [3.05, 3.63) is 29.8 Å². The fourth-order valence-corrected chi connectivity index (χ4v) is 1.21. The predicted octanol–water partition coefficient (Wildman–Crippen LogP) is 1.89. The summed E-state index contributed by atoms with van der Waals surface area (Å²) in [7, 11) is 0. The number of hydrogen-bond acceptors (Lipinski definition) is 3. The van der Waals surface area contributed by atoms with Crippen LogP contribution in [0.1, 0.15) is 31.9 Å². The number of aliphatic hydroxyl groups excluding tert-OH is 2. The number of hydrogen-bond donors (Lipinski definition) is 2. The molecule has 0 fully saturated rings. The van der Waals surface area contributed by atoms with Gasteiger partial charge in [0.05, 0.1) is 18.8 Å². The van der Waals surface area contributed by atoms with E-state index in [1.807, 2.05) is 24.3 Å². The van der Waals surface area contributed by atoms with Crippen molar-refractivity contribution >= 4 is 0 Å². The van der Waals surface area contributed by atoms with Crippen LogP contribution >= 0.6 is 0 Å². The third kappa shape index (κ3) is 4.32. The van der Waals surface area contributed by atoms with E-state index in [0.717, 1.165) is 11.3 Å². The van der Waals surface area contributed by atoms with Gasteiger partial charge in [0.2, 0.25) is 0 Å². The second-order valence-corrected chi connectivity index (χ2v) is 3.73. The van der Waals surface area contributed by atoms with E-state index >= 15 is 0 Å². The normalized spacial score (nSPS) is 14.7. The molecule has 1 aromatic rings. The second-order valence-electron chi connectivity index (χ2n) is 3.73. The molecule has 3 nitrogen and oxygen atoms in total. The van der Waals surface area contributed by atoms with Crippen LogP contribution in [0.4, 0.5) is 0 Å². The molecule has 84 valence electrons. The molecule has 1 aromatic carbocycles. The van der Waals surface area contributed by atoms with Crippen molar-refractivity contribution in [3.63, 3.8) is 0 Å². The van der Waals surface area contributed by atoms with Crippen LogP contribution < -0.4 is 4.74 Å². The third-order valence-corrected chi connectivity index (χ3v) is 2.14. The Balaban J connectivity index is 2.50. The van der Waals surface area contributed by atoms with E-state index in [-0.39, 0.29) is 6.10 Å². The molecule has 2 atom stereocenters. The summed E-state index contributed by atoms with van der Waals surface area (Å²) >= 11 is 0. The van der Waals surface area contributed by atoms with Crippen LogP contribution in [0.2, 0.25) is 0 Å². The summed E-state index contributed by atoms with van der Waals surface area (Å²) in [6.07, 6.45) is -0.214. The molecular weight excluding hydrogens is 192 g/mol. The van der Waals surface area contributed by atoms with E-state index in [9.17, 15) is 5.11 Å². The molecule has 3 heteroatoms. The van der Waals surface area contributed by atoms with Crippen LogP contribution in [0.3, 0.4) is 0 Å². The number of ether oxygens (including phenoxy) is 1. The van der Waals surface area contributed by atoms with Gasteiger partial charge < -0.3 is 14.9 Å². The van der Waals surface area contributed by atoms with Crippen LogP contribution in [0.25, 0.3) is 0 Å². The first kappa shape index (κ1) is 12.0. The zero-order valence-corrected chi connectivity index (χ0v) is 9.18. The molecule has 2 unspecified atom stereocenters. The highest BCUT2D eigenvalue weighted by Gasteiger charge is 2.02. The van der Waals surface area contributed by atoms with Gasteiger partial charge >= 0.3 is 0 Å². The summed E-state index contributed by atoms with van der Waals surface area (Å²) in [6, 6.07) is 7.35. The first-order valence-electron chi connectivity index (χ1n) is 5.18. The Labute approximate surface area is 90.3 Å². The highest BCUT2D eigenvalue weighted by molar-refractivity contribution is 5.29. The third-order valence-electron chi connectivity index (χ3n) is 2.14. The van der Waals surface area contributed by atoms with Gasteiger partial charge in [-0.25, -0.2) is 0 Å². The van der Waals surface area contributed by atoms with Crippen molar-refractivity contribution in [1.82, 2.24) is 0 Å². The summed E-state index contributed by atoms with van der Waals surface area (Å²) in [6.45, 7) is 3.94. The summed E-state index contributed by atoms with van der Waals surface area (Å²) in [5.41, 5.74) is 0.838. The standard InChI is InChI=1S/C12H18O3/c1-9(13)6-7-15-12-5-3-4-11(8-12)10(2)14/h3-5,8-10,13-14H,6-7H2,1-2H3. The minimum atomic E-state index is -0.481. The number of rotatable bonds is 5. The van der Waals surface area contributed by atoms with E-state index in [2.05, 4.69) is 0 Å². The van der Waals surface area contributed by atoms with Crippen molar-refractivity contribution in [1.29, 1.82) is 0 Å². The van der Waals surface area contributed by atoms with Gasteiger partial charge in [-0.15, -0.1) is 0 Å². The minimum absolute atomic E-state index is 0.343. The lowest BCUT2D eigenvalue weighted by Crippen LogP contribution is -2.07. The molecule has 0 bridgehead atoms. The van der Waals surface area contributed by atoms with E-state index in [4.69, 9.17) is 9.84 Å². The maximum absolute atomic E-state index is 9.37. The SMILES string of the molecule is CC(O)CCOc1cccc(C(C)O)c1. The molecule has 0 aliphatic heterocycles. The summed E-state index contributed by atoms with van der Waals surface area (Å²) < 4.78 is 5.44. The Morgan fingerprint density at radius 1 is 1.27 bits per heavy atom. The monoisotopic (exact) mass is 210 g/mol. The van der Waals surface area contributed by atoms with Crippen LogP contribution in [0.5, 0.6) is 5.75 Å². The van der Waals surface area contributed by atoms with Crippen LogP contribution in [0, 0.1) is 0 Å². The van der Waals surface area contributed by atoms with E-state index in [1.165, 1.54) is 0 Å². The molecule has 0 aromatic heterocycles. The lowest BCUT2D eigenvalue weighted by atomic mass is 10.1. The van der Waals surface area contributed by atoms with Crippen LogP contribution in [-0.2, 0) is 0 Å². The molecule has 0 spiro atoms. The molecule has 0 saturated heterocycles. The van der Waals surface area contributed by atoms with Gasteiger partial charge in [-0.05, 0) is 31.5 Å². The highest BCUT2D eigenvalue weighted by Crippen LogP contribution is 2.18. The van der Waals surface area contributed by atoms with Gasteiger partial charge in [0.25, 0.3) is 0 Å². The predicted molar refractivity (Wildman–Crippen MR) is 58.9 cm³/mol. The summed E-state index contributed by atoms with van der Waals surface area (Å²) in [4.78, 5) is 0. The zero-order chi connectivity index (χ0) is 11.3. The van der Waals surface area contributed by atoms with Gasteiger partial charge in [-0.1, -0.05) is 12.1 Å². The first-order chi connectivity index (χ1) is 7.09. The quantitative estimate of drug-likeness (QED) is 0.780. The molecule has 0 radical (unpaired) electrons. The summed E-state index contributed by atoms with van der Waals surface area (Å²) in [5.74, 6) is 0.731. The lowest BCUT2D eigenvalue weighted by Gasteiger charge is -2.10. The van der Waals surface area contributed by atoms with Gasteiger partial charge in [0.15, 0.2) is 0 Å². The molecular formula is C12H18O3. The Morgan fingerprint density at radius 3 is 2.60 bits per heavy atom. The lowest BCUT2D eigenvalue weighted by molar-refractivity contribution is 0.155. The summed E-state index contributed by atoms with van der Waals surface area (Å²) in [5, 5.41) is 18.4. The Kier molecular flexibility index (Phi) is 4.59. The van der Waals surface area contributed by atoms with E-state index < -0.39 is 6.10 Å². The Morgan fingerprint density at radius 2 is 2.00 bits per heavy atom. The van der Waals surface area contributed by atoms with Crippen molar-refractivity contribution < 1.29 is 14.9 Å². The van der Waals surface area contributed by atoms with Gasteiger partial charge in [0.1, 0.15) is 5.75 Å². The average molecular weight is 210 g/mol. The smallest absolute Gasteiger partial charge is 0.119 e. The Hall–Kier alpha value is -1.06. The molecule has 15 heavy (non-hydrogen) atoms. The molecule has 0 aliphatic rings. The van der Waals surface area contributed by atoms with Gasteiger partial charge in [-0.2, -0.15) is 0 Å². The van der Waals surface area contributed by atoms with Crippen molar-refractivity contribution in [2.75, 3.05) is 6.61 Å². The van der Waals surface area contributed by atoms with E-state index in [0.29, 0.717) is 13.0 Å². The number of benzene rings is 1. The van der Waals surface area contributed by atoms with Crippen LogP contribution in [0.15, 0.2) is 24.3 Å². The molecule has 0 amide bonds. The maximum atomic E-state index is 9.37. The van der Waals surface area contributed by atoms with Crippen molar-refractivity contribution in [2.45, 2.75) is 32.5 Å². The minimum Gasteiger partial charge on any atom is -0.493 e. The molecule has 0 heterocycles. The Bertz CT molecular complexity index is 295. The van der Waals surface area contributed by atoms with Crippen molar-refractivity contribution in [3.8, 4) is 5.75 Å². The topological polar surface area (TPSA) is 49.7 Å². The van der Waals surface area contributed by atoms with E-state index in [1.54, 1.807) is 13.8 Å². The zero-order valence-electron chi connectivity index (χ0n) is 9.18. The fraction of sp³-hybridized carbons (Fsp3) is 0.500. The van der Waals surface area contributed by atoms with Gasteiger partial charge in [-0.3, -0.25) is 0 Å². The second kappa shape index (κ2) is 5.73. The number of aliphatic hydroxyl groups is 2. The average Bonchev–Trinajstić information content (AvgIpc) is 2.17. The first-order valence-corrected chi connectivity index (χ1v) is 5.18. The molecule has 1 rings (SSSR count). The van der Waals surface area contributed by atoms with Crippen LogP contribution in [-0.4, -0.2) is 22.9 Å².